The van der Waals surface area contributed by atoms with Gasteiger partial charge < -0.3 is 5.32 Å². The third-order valence-corrected chi connectivity index (χ3v) is 1.20. The molecule has 0 aliphatic carbocycles. The van der Waals surface area contributed by atoms with E-state index in [1.807, 2.05) is 6.92 Å². The van der Waals surface area contributed by atoms with Gasteiger partial charge in [0.15, 0.2) is 0 Å². The maximum atomic E-state index is 10.4. The van der Waals surface area contributed by atoms with Crippen LogP contribution in [0.15, 0.2) is 0 Å². The van der Waals surface area contributed by atoms with E-state index in [1.54, 1.807) is 0 Å². The van der Waals surface area contributed by atoms with Crippen molar-refractivity contribution >= 4 is 21.8 Å². The summed E-state index contributed by atoms with van der Waals surface area (Å²) in [5, 5.41) is 3.11. The van der Waals surface area contributed by atoms with Crippen LogP contribution in [0.4, 0.5) is 0 Å². The highest BCUT2D eigenvalue weighted by Gasteiger charge is 1.91. The zero-order valence-electron chi connectivity index (χ0n) is 4.91. The van der Waals surface area contributed by atoms with Crippen LogP contribution in [0.2, 0.25) is 0 Å². The van der Waals surface area contributed by atoms with E-state index < -0.39 is 0 Å². The molecule has 0 bridgehead atoms. The summed E-state index contributed by atoms with van der Waals surface area (Å²) in [6.45, 7) is 2.80. The van der Waals surface area contributed by atoms with E-state index >= 15 is 0 Å². The number of carbonyl (C=O) groups excluding carboxylic acids is 1. The van der Waals surface area contributed by atoms with Crippen molar-refractivity contribution < 1.29 is 4.79 Å². The molecule has 0 rings (SSSR count). The first-order valence-corrected chi connectivity index (χ1v) is 3.76. The van der Waals surface area contributed by atoms with Crippen molar-refractivity contribution in [3.05, 3.63) is 0 Å². The Balaban J connectivity index is 2.99. The number of hydrogen-bond donors (Lipinski definition) is 1. The second-order valence-electron chi connectivity index (χ2n) is 1.48. The molecule has 0 aromatic carbocycles. The van der Waals surface area contributed by atoms with Crippen molar-refractivity contribution in [3.8, 4) is 0 Å². The largest absolute Gasteiger partial charge is 0.355 e. The Morgan fingerprint density at radius 3 is 2.75 bits per heavy atom. The molecule has 0 unspecified atom stereocenters. The van der Waals surface area contributed by atoms with Gasteiger partial charge in [0.25, 0.3) is 0 Å². The molecule has 0 aliphatic rings. The van der Waals surface area contributed by atoms with Crippen molar-refractivity contribution in [1.29, 1.82) is 0 Å². The van der Waals surface area contributed by atoms with Crippen LogP contribution < -0.4 is 5.32 Å². The molecule has 0 spiro atoms. The molecule has 3 heteroatoms. The Bertz CT molecular complexity index is 74.8. The number of amides is 1. The summed E-state index contributed by atoms with van der Waals surface area (Å²) in [4.78, 5) is 10.4. The van der Waals surface area contributed by atoms with Crippen LogP contribution in [0, 0.1) is 0 Å². The van der Waals surface area contributed by atoms with E-state index in [2.05, 4.69) is 21.2 Å². The van der Waals surface area contributed by atoms with E-state index in [-0.39, 0.29) is 5.91 Å². The summed E-state index contributed by atoms with van der Waals surface area (Å²) < 4.78 is 0. The molecule has 0 radical (unpaired) electrons. The van der Waals surface area contributed by atoms with Gasteiger partial charge in [-0.05, 0) is 6.42 Å². The second-order valence-corrected chi connectivity index (χ2v) is 2.04. The van der Waals surface area contributed by atoms with Gasteiger partial charge in [0, 0.05) is 6.54 Å². The molecule has 0 aliphatic heterocycles. The summed E-state index contributed by atoms with van der Waals surface area (Å²) in [5.41, 5.74) is 0. The fourth-order valence-corrected chi connectivity index (χ4v) is 0.510. The molecule has 0 aromatic rings. The Labute approximate surface area is 57.8 Å². The fourth-order valence-electron chi connectivity index (χ4n) is 0.312. The van der Waals surface area contributed by atoms with Gasteiger partial charge in [0.1, 0.15) is 0 Å². The maximum Gasteiger partial charge on any atom is 0.230 e. The van der Waals surface area contributed by atoms with Crippen LogP contribution in [-0.2, 0) is 4.79 Å². The van der Waals surface area contributed by atoms with Gasteiger partial charge in [-0.2, -0.15) is 0 Å². The maximum absolute atomic E-state index is 10.4. The van der Waals surface area contributed by atoms with Gasteiger partial charge in [-0.1, -0.05) is 22.9 Å². The van der Waals surface area contributed by atoms with Crippen LogP contribution in [-0.4, -0.2) is 17.8 Å². The Kier molecular flexibility index (Phi) is 5.06. The number of rotatable bonds is 3. The van der Waals surface area contributed by atoms with E-state index in [9.17, 15) is 4.79 Å². The average Bonchev–Trinajstić information content (AvgIpc) is 1.83. The van der Waals surface area contributed by atoms with Crippen molar-refractivity contribution in [3.63, 3.8) is 0 Å². The highest BCUT2D eigenvalue weighted by atomic mass is 79.9. The molecule has 0 saturated carbocycles. The van der Waals surface area contributed by atoms with Crippen LogP contribution in [0.5, 0.6) is 0 Å². The lowest BCUT2D eigenvalue weighted by Gasteiger charge is -1.96. The predicted octanol–water partition coefficient (Wildman–Crippen LogP) is 0.907. The summed E-state index contributed by atoms with van der Waals surface area (Å²) in [6.07, 6.45) is 0.999. The molecule has 1 amide bonds. The predicted molar refractivity (Wildman–Crippen MR) is 37.1 cm³/mol. The van der Waals surface area contributed by atoms with E-state index in [1.165, 1.54) is 0 Å². The van der Waals surface area contributed by atoms with Gasteiger partial charge in [0.2, 0.25) is 5.91 Å². The third kappa shape index (κ3) is 4.12. The first-order chi connectivity index (χ1) is 3.81. The number of halogens is 1. The van der Waals surface area contributed by atoms with E-state index in [4.69, 9.17) is 0 Å². The molecule has 0 heterocycles. The third-order valence-electron chi connectivity index (χ3n) is 0.694. The Morgan fingerprint density at radius 1 is 1.75 bits per heavy atom. The summed E-state index contributed by atoms with van der Waals surface area (Å²) in [7, 11) is 0. The number of hydrogen-bond acceptors (Lipinski definition) is 1. The van der Waals surface area contributed by atoms with E-state index in [0.29, 0.717) is 5.33 Å². The summed E-state index contributed by atoms with van der Waals surface area (Å²) in [5.74, 6) is 0.0619. The first-order valence-electron chi connectivity index (χ1n) is 2.64. The van der Waals surface area contributed by atoms with Crippen molar-refractivity contribution in [1.82, 2.24) is 5.32 Å². The molecule has 2 nitrogen and oxygen atoms in total. The molecule has 1 N–H and O–H groups in total. The van der Waals surface area contributed by atoms with Crippen LogP contribution in [0.3, 0.4) is 0 Å². The molecule has 0 fully saturated rings. The van der Waals surface area contributed by atoms with Crippen LogP contribution in [0.25, 0.3) is 0 Å². The average molecular weight is 180 g/mol. The summed E-state index contributed by atoms with van der Waals surface area (Å²) in [6, 6.07) is 0. The Hall–Kier alpha value is -0.0500. The van der Waals surface area contributed by atoms with Gasteiger partial charge >= 0.3 is 0 Å². The highest BCUT2D eigenvalue weighted by Crippen LogP contribution is 1.78. The van der Waals surface area contributed by atoms with Gasteiger partial charge in [-0.3, -0.25) is 4.79 Å². The molecular formula is C5H10BrNO. The lowest BCUT2D eigenvalue weighted by molar-refractivity contribution is -0.118. The molecule has 48 valence electrons. The first kappa shape index (κ1) is 7.95. The van der Waals surface area contributed by atoms with Crippen LogP contribution in [0.1, 0.15) is 13.3 Å². The van der Waals surface area contributed by atoms with Gasteiger partial charge in [0.05, 0.1) is 5.33 Å². The molecular weight excluding hydrogens is 170 g/mol. The quantitative estimate of drug-likeness (QED) is 0.642. The van der Waals surface area contributed by atoms with Gasteiger partial charge in [-0.25, -0.2) is 0 Å². The van der Waals surface area contributed by atoms with Crippen molar-refractivity contribution in [2.45, 2.75) is 13.3 Å². The molecule has 0 atom stereocenters. The zero-order chi connectivity index (χ0) is 6.41. The lowest BCUT2D eigenvalue weighted by atomic mass is 10.5. The minimum Gasteiger partial charge on any atom is -0.355 e. The minimum atomic E-state index is 0.0619. The molecule has 8 heavy (non-hydrogen) atoms. The normalized spacial score (nSPS) is 8.75. The SMILES string of the molecule is CCCNC(=O)CBr. The zero-order valence-corrected chi connectivity index (χ0v) is 6.49. The standard InChI is InChI=1S/C5H10BrNO/c1-2-3-7-5(8)4-6/h2-4H2,1H3,(H,7,8). The minimum absolute atomic E-state index is 0.0619. The molecule has 0 aromatic heterocycles. The number of nitrogens with one attached hydrogen (secondary N) is 1. The van der Waals surface area contributed by atoms with Crippen molar-refractivity contribution in [2.75, 3.05) is 11.9 Å². The van der Waals surface area contributed by atoms with Gasteiger partial charge in [-0.15, -0.1) is 0 Å². The van der Waals surface area contributed by atoms with E-state index in [0.717, 1.165) is 13.0 Å². The van der Waals surface area contributed by atoms with Crippen molar-refractivity contribution in [2.24, 2.45) is 0 Å². The topological polar surface area (TPSA) is 29.1 Å². The smallest absolute Gasteiger partial charge is 0.230 e. The molecule has 0 saturated heterocycles. The monoisotopic (exact) mass is 179 g/mol. The second kappa shape index (κ2) is 5.09. The highest BCUT2D eigenvalue weighted by molar-refractivity contribution is 9.09. The fraction of sp³-hybridized carbons (Fsp3) is 0.800. The Morgan fingerprint density at radius 2 is 2.38 bits per heavy atom. The summed E-state index contributed by atoms with van der Waals surface area (Å²) >= 11 is 3.03. The number of alkyl halides is 1. The van der Waals surface area contributed by atoms with Crippen LogP contribution >= 0.6 is 15.9 Å². The lowest BCUT2D eigenvalue weighted by Crippen LogP contribution is -2.24. The number of carbonyl (C=O) groups is 1.